The number of benzene rings is 1. The van der Waals surface area contributed by atoms with Gasteiger partial charge in [-0.15, -0.1) is 10.2 Å². The van der Waals surface area contributed by atoms with Crippen molar-refractivity contribution in [2.75, 3.05) is 0 Å². The lowest BCUT2D eigenvalue weighted by atomic mass is 10.1. The SMILES string of the molecule is C=C(C)c1ccc(-c2nnc(S)o2)cc1. The van der Waals surface area contributed by atoms with Gasteiger partial charge in [-0.3, -0.25) is 0 Å². The van der Waals surface area contributed by atoms with Gasteiger partial charge in [-0.25, -0.2) is 0 Å². The van der Waals surface area contributed by atoms with Gasteiger partial charge in [-0.1, -0.05) is 36.9 Å². The van der Waals surface area contributed by atoms with Crippen molar-refractivity contribution in [2.24, 2.45) is 0 Å². The van der Waals surface area contributed by atoms with Crippen LogP contribution in [0.1, 0.15) is 12.5 Å². The van der Waals surface area contributed by atoms with E-state index in [1.54, 1.807) is 0 Å². The van der Waals surface area contributed by atoms with Gasteiger partial charge >= 0.3 is 0 Å². The van der Waals surface area contributed by atoms with Crippen molar-refractivity contribution in [3.8, 4) is 11.5 Å². The quantitative estimate of drug-likeness (QED) is 0.787. The number of nitrogens with zero attached hydrogens (tertiary/aromatic N) is 2. The van der Waals surface area contributed by atoms with Crippen molar-refractivity contribution in [1.29, 1.82) is 0 Å². The topological polar surface area (TPSA) is 38.9 Å². The van der Waals surface area contributed by atoms with Gasteiger partial charge in [-0.2, -0.15) is 0 Å². The third-order valence-corrected chi connectivity index (χ3v) is 2.22. The lowest BCUT2D eigenvalue weighted by Gasteiger charge is -1.99. The minimum atomic E-state index is 0.272. The zero-order valence-electron chi connectivity index (χ0n) is 8.27. The highest BCUT2D eigenvalue weighted by Gasteiger charge is 2.05. The number of hydrogen-bond donors (Lipinski definition) is 1. The highest BCUT2D eigenvalue weighted by molar-refractivity contribution is 7.80. The van der Waals surface area contributed by atoms with Crippen molar-refractivity contribution >= 4 is 18.2 Å². The minimum Gasteiger partial charge on any atom is -0.411 e. The first-order valence-corrected chi connectivity index (χ1v) is 4.90. The molecule has 4 heteroatoms. The zero-order chi connectivity index (χ0) is 10.8. The molecule has 0 aliphatic rings. The van der Waals surface area contributed by atoms with E-state index in [1.807, 2.05) is 31.2 Å². The predicted molar refractivity (Wildman–Crippen MR) is 61.7 cm³/mol. The van der Waals surface area contributed by atoms with Crippen molar-refractivity contribution < 1.29 is 4.42 Å². The van der Waals surface area contributed by atoms with E-state index in [-0.39, 0.29) is 5.22 Å². The van der Waals surface area contributed by atoms with Crippen LogP contribution in [0.4, 0.5) is 0 Å². The van der Waals surface area contributed by atoms with Gasteiger partial charge in [0.05, 0.1) is 0 Å². The van der Waals surface area contributed by atoms with Gasteiger partial charge in [0.2, 0.25) is 5.89 Å². The molecule has 0 saturated carbocycles. The summed E-state index contributed by atoms with van der Waals surface area (Å²) >= 11 is 3.95. The molecule has 2 rings (SSSR count). The van der Waals surface area contributed by atoms with E-state index < -0.39 is 0 Å². The lowest BCUT2D eigenvalue weighted by molar-refractivity contribution is 0.468. The van der Waals surface area contributed by atoms with Crippen LogP contribution in [0.25, 0.3) is 17.0 Å². The van der Waals surface area contributed by atoms with E-state index >= 15 is 0 Å². The van der Waals surface area contributed by atoms with Gasteiger partial charge in [0.1, 0.15) is 0 Å². The van der Waals surface area contributed by atoms with Crippen molar-refractivity contribution in [3.63, 3.8) is 0 Å². The molecule has 76 valence electrons. The number of hydrogen-bond acceptors (Lipinski definition) is 4. The first-order valence-electron chi connectivity index (χ1n) is 4.45. The Balaban J connectivity index is 2.35. The minimum absolute atomic E-state index is 0.272. The Hall–Kier alpha value is -1.55. The van der Waals surface area contributed by atoms with Crippen LogP contribution in [-0.4, -0.2) is 10.2 Å². The second-order valence-electron chi connectivity index (χ2n) is 3.25. The zero-order valence-corrected chi connectivity index (χ0v) is 9.16. The smallest absolute Gasteiger partial charge is 0.273 e. The molecule has 0 bridgehead atoms. The van der Waals surface area contributed by atoms with Crippen LogP contribution in [0.15, 0.2) is 40.5 Å². The molecule has 15 heavy (non-hydrogen) atoms. The molecular weight excluding hydrogens is 208 g/mol. The molecule has 0 aliphatic heterocycles. The van der Waals surface area contributed by atoms with Crippen LogP contribution in [0.3, 0.4) is 0 Å². The Kier molecular flexibility index (Phi) is 2.60. The summed E-state index contributed by atoms with van der Waals surface area (Å²) in [6, 6.07) is 7.79. The second-order valence-corrected chi connectivity index (χ2v) is 3.63. The van der Waals surface area contributed by atoms with Gasteiger partial charge < -0.3 is 4.42 Å². The number of aromatic nitrogens is 2. The lowest BCUT2D eigenvalue weighted by Crippen LogP contribution is -1.80. The normalized spacial score (nSPS) is 10.3. The van der Waals surface area contributed by atoms with Crippen LogP contribution in [-0.2, 0) is 0 Å². The standard InChI is InChI=1S/C11H10N2OS/c1-7(2)8-3-5-9(6-4-8)10-12-13-11(15)14-10/h3-6H,1H2,2H3,(H,13,15). The summed E-state index contributed by atoms with van der Waals surface area (Å²) in [6.07, 6.45) is 0. The highest BCUT2D eigenvalue weighted by atomic mass is 32.1. The fraction of sp³-hybridized carbons (Fsp3) is 0.0909. The van der Waals surface area contributed by atoms with Crippen molar-refractivity contribution in [3.05, 3.63) is 36.4 Å². The monoisotopic (exact) mass is 218 g/mol. The molecule has 2 aromatic rings. The summed E-state index contributed by atoms with van der Waals surface area (Å²) in [5, 5.41) is 7.80. The van der Waals surface area contributed by atoms with E-state index in [4.69, 9.17) is 4.42 Å². The van der Waals surface area contributed by atoms with Crippen LogP contribution >= 0.6 is 12.6 Å². The summed E-state index contributed by atoms with van der Waals surface area (Å²) < 4.78 is 5.19. The molecule has 0 saturated heterocycles. The molecular formula is C11H10N2OS. The van der Waals surface area contributed by atoms with Crippen LogP contribution in [0.2, 0.25) is 0 Å². The Morgan fingerprint density at radius 2 is 1.93 bits per heavy atom. The summed E-state index contributed by atoms with van der Waals surface area (Å²) in [7, 11) is 0. The first kappa shape index (κ1) is 9.98. The Bertz CT molecular complexity index is 488. The molecule has 1 aromatic carbocycles. The van der Waals surface area contributed by atoms with E-state index in [2.05, 4.69) is 29.4 Å². The maximum atomic E-state index is 5.19. The molecule has 0 spiro atoms. The highest BCUT2D eigenvalue weighted by Crippen LogP contribution is 2.21. The molecule has 1 aromatic heterocycles. The summed E-state index contributed by atoms with van der Waals surface area (Å²) in [5.74, 6) is 0.480. The third kappa shape index (κ3) is 2.10. The summed E-state index contributed by atoms with van der Waals surface area (Å²) in [6.45, 7) is 5.83. The van der Waals surface area contributed by atoms with Crippen LogP contribution in [0.5, 0.6) is 0 Å². The Labute approximate surface area is 93.3 Å². The average Bonchev–Trinajstić information content (AvgIpc) is 2.65. The molecule has 0 amide bonds. The summed E-state index contributed by atoms with van der Waals surface area (Å²) in [4.78, 5) is 0. The second kappa shape index (κ2) is 3.90. The average molecular weight is 218 g/mol. The predicted octanol–water partition coefficient (Wildman–Crippen LogP) is 3.06. The summed E-state index contributed by atoms with van der Waals surface area (Å²) in [5.41, 5.74) is 3.01. The number of rotatable bonds is 2. The number of allylic oxidation sites excluding steroid dienone is 1. The van der Waals surface area contributed by atoms with E-state index in [9.17, 15) is 0 Å². The molecule has 0 unspecified atom stereocenters. The maximum absolute atomic E-state index is 5.19. The Morgan fingerprint density at radius 1 is 1.27 bits per heavy atom. The van der Waals surface area contributed by atoms with E-state index in [0.29, 0.717) is 5.89 Å². The van der Waals surface area contributed by atoms with Gasteiger partial charge in [0.25, 0.3) is 5.22 Å². The largest absolute Gasteiger partial charge is 0.411 e. The molecule has 0 fully saturated rings. The van der Waals surface area contributed by atoms with Crippen LogP contribution in [0, 0.1) is 0 Å². The van der Waals surface area contributed by atoms with Crippen molar-refractivity contribution in [1.82, 2.24) is 10.2 Å². The van der Waals surface area contributed by atoms with Crippen LogP contribution < -0.4 is 0 Å². The maximum Gasteiger partial charge on any atom is 0.273 e. The van der Waals surface area contributed by atoms with E-state index in [1.165, 1.54) is 0 Å². The van der Waals surface area contributed by atoms with E-state index in [0.717, 1.165) is 16.7 Å². The molecule has 0 aliphatic carbocycles. The fourth-order valence-electron chi connectivity index (χ4n) is 1.23. The van der Waals surface area contributed by atoms with Gasteiger partial charge in [-0.05, 0) is 24.6 Å². The fourth-order valence-corrected chi connectivity index (χ4v) is 1.36. The molecule has 0 radical (unpaired) electrons. The van der Waals surface area contributed by atoms with Crippen molar-refractivity contribution in [2.45, 2.75) is 12.1 Å². The molecule has 1 heterocycles. The Morgan fingerprint density at radius 3 is 2.40 bits per heavy atom. The number of thiol groups is 1. The molecule has 3 nitrogen and oxygen atoms in total. The van der Waals surface area contributed by atoms with Gasteiger partial charge in [0.15, 0.2) is 0 Å². The molecule has 0 atom stereocenters. The third-order valence-electron chi connectivity index (χ3n) is 2.04. The first-order chi connectivity index (χ1) is 7.16. The van der Waals surface area contributed by atoms with Gasteiger partial charge in [0, 0.05) is 5.56 Å². The molecule has 0 N–H and O–H groups in total.